The van der Waals surface area contributed by atoms with Crippen molar-refractivity contribution in [3.63, 3.8) is 0 Å². The van der Waals surface area contributed by atoms with E-state index < -0.39 is 35.9 Å². The summed E-state index contributed by atoms with van der Waals surface area (Å²) in [6.45, 7) is 1.32. The van der Waals surface area contributed by atoms with Crippen molar-refractivity contribution >= 4 is 46.5 Å². The van der Waals surface area contributed by atoms with Gasteiger partial charge in [0.1, 0.15) is 5.75 Å². The smallest absolute Gasteiger partial charge is 0.418 e. The van der Waals surface area contributed by atoms with Crippen LogP contribution in [0.4, 0.5) is 29.3 Å². The number of hydrogen-bond acceptors (Lipinski definition) is 3. The molecule has 156 valence electrons. The lowest BCUT2D eigenvalue weighted by Gasteiger charge is -2.16. The molecule has 0 saturated carbocycles. The monoisotopic (exact) mass is 449 g/mol. The van der Waals surface area contributed by atoms with Crippen LogP contribution in [0.15, 0.2) is 36.4 Å². The van der Waals surface area contributed by atoms with E-state index in [9.17, 15) is 22.8 Å². The van der Waals surface area contributed by atoms with Gasteiger partial charge in [-0.1, -0.05) is 23.2 Å². The van der Waals surface area contributed by atoms with Crippen molar-refractivity contribution in [1.29, 1.82) is 0 Å². The summed E-state index contributed by atoms with van der Waals surface area (Å²) >= 11 is 11.7. The van der Waals surface area contributed by atoms with E-state index in [1.54, 1.807) is 6.92 Å². The Hall–Kier alpha value is -2.65. The summed E-state index contributed by atoms with van der Waals surface area (Å²) < 4.78 is 44.7. The highest BCUT2D eigenvalue weighted by Gasteiger charge is 2.34. The van der Waals surface area contributed by atoms with Gasteiger partial charge in [-0.05, 0) is 43.3 Å². The van der Waals surface area contributed by atoms with Crippen LogP contribution in [0.2, 0.25) is 10.0 Å². The van der Waals surface area contributed by atoms with Crippen molar-refractivity contribution in [1.82, 2.24) is 5.32 Å². The van der Waals surface area contributed by atoms with Crippen LogP contribution in [0.5, 0.6) is 5.75 Å². The highest BCUT2D eigenvalue weighted by molar-refractivity contribution is 6.35. The van der Waals surface area contributed by atoms with E-state index in [1.807, 2.05) is 0 Å². The second kappa shape index (κ2) is 9.71. The molecular weight excluding hydrogens is 434 g/mol. The van der Waals surface area contributed by atoms with E-state index in [4.69, 9.17) is 27.9 Å². The zero-order chi connectivity index (χ0) is 21.6. The molecule has 0 heterocycles. The van der Waals surface area contributed by atoms with Crippen molar-refractivity contribution in [2.75, 3.05) is 23.8 Å². The topological polar surface area (TPSA) is 79.5 Å². The van der Waals surface area contributed by atoms with Crippen LogP contribution in [-0.2, 0) is 11.0 Å². The van der Waals surface area contributed by atoms with Crippen LogP contribution >= 0.6 is 23.2 Å². The molecule has 2 aromatic rings. The molecule has 2 rings (SSSR count). The number of alkyl halides is 3. The minimum atomic E-state index is -4.71. The Bertz CT molecular complexity index is 908. The maximum atomic E-state index is 13.2. The summed E-state index contributed by atoms with van der Waals surface area (Å²) in [6, 6.07) is 6.57. The molecule has 0 fully saturated rings. The van der Waals surface area contributed by atoms with Gasteiger partial charge in [-0.2, -0.15) is 13.2 Å². The van der Waals surface area contributed by atoms with Gasteiger partial charge in [0, 0.05) is 5.02 Å². The predicted molar refractivity (Wildman–Crippen MR) is 105 cm³/mol. The number of ether oxygens (including phenoxy) is 1. The molecule has 0 aliphatic rings. The Morgan fingerprint density at radius 1 is 1.03 bits per heavy atom. The van der Waals surface area contributed by atoms with Gasteiger partial charge in [0.2, 0.25) is 5.91 Å². The number of carbonyl (C=O) groups excluding carboxylic acids is 2. The first-order valence-electron chi connectivity index (χ1n) is 8.24. The number of hydrogen-bond donors (Lipinski definition) is 3. The van der Waals surface area contributed by atoms with Crippen molar-refractivity contribution < 1.29 is 27.5 Å². The van der Waals surface area contributed by atoms with Crippen molar-refractivity contribution in [2.45, 2.75) is 13.1 Å². The number of amides is 3. The van der Waals surface area contributed by atoms with Gasteiger partial charge in [-0.3, -0.25) is 4.79 Å². The molecule has 11 heteroatoms. The summed E-state index contributed by atoms with van der Waals surface area (Å²) in [7, 11) is 0. The quantitative estimate of drug-likeness (QED) is 0.568. The average Bonchev–Trinajstić information content (AvgIpc) is 2.63. The lowest BCUT2D eigenvalue weighted by molar-refractivity contribution is -0.137. The van der Waals surface area contributed by atoms with E-state index >= 15 is 0 Å². The Labute approximate surface area is 174 Å². The standard InChI is InChI=1S/C18H16Cl2F3N3O3/c1-2-29-11-4-6-14(12(8-11)18(21,22)23)26-17(28)24-9-16(27)25-15-7-10(19)3-5-13(15)20/h3-8H,2,9H2,1H3,(H,25,27)(H2,24,26,28). The molecule has 0 atom stereocenters. The van der Waals surface area contributed by atoms with Crippen LogP contribution in [0.3, 0.4) is 0 Å². The highest BCUT2D eigenvalue weighted by atomic mass is 35.5. The Kier molecular flexibility index (Phi) is 7.58. The van der Waals surface area contributed by atoms with E-state index in [0.29, 0.717) is 5.02 Å². The molecular formula is C18H16Cl2F3N3O3. The minimum Gasteiger partial charge on any atom is -0.494 e. The summed E-state index contributed by atoms with van der Waals surface area (Å²) in [6.07, 6.45) is -4.71. The first kappa shape index (κ1) is 22.6. The van der Waals surface area contributed by atoms with Gasteiger partial charge < -0.3 is 20.7 Å². The lowest BCUT2D eigenvalue weighted by atomic mass is 10.1. The molecule has 3 N–H and O–H groups in total. The lowest BCUT2D eigenvalue weighted by Crippen LogP contribution is -2.36. The molecule has 0 unspecified atom stereocenters. The Morgan fingerprint density at radius 2 is 1.76 bits per heavy atom. The molecule has 6 nitrogen and oxygen atoms in total. The number of rotatable bonds is 6. The van der Waals surface area contributed by atoms with Crippen molar-refractivity contribution in [3.8, 4) is 5.75 Å². The summed E-state index contributed by atoms with van der Waals surface area (Å²) in [4.78, 5) is 23.9. The molecule has 3 amide bonds. The van der Waals surface area contributed by atoms with Gasteiger partial charge in [-0.15, -0.1) is 0 Å². The van der Waals surface area contributed by atoms with E-state index in [-0.39, 0.29) is 23.1 Å². The second-order valence-electron chi connectivity index (χ2n) is 5.62. The SMILES string of the molecule is CCOc1ccc(NC(=O)NCC(=O)Nc2cc(Cl)ccc2Cl)c(C(F)(F)F)c1. The van der Waals surface area contributed by atoms with E-state index in [2.05, 4.69) is 16.0 Å². The van der Waals surface area contributed by atoms with E-state index in [0.717, 1.165) is 12.1 Å². The number of benzene rings is 2. The van der Waals surface area contributed by atoms with Crippen LogP contribution < -0.4 is 20.7 Å². The number of carbonyl (C=O) groups is 2. The fraction of sp³-hybridized carbons (Fsp3) is 0.222. The predicted octanol–water partition coefficient (Wildman–Crippen LogP) is 5.17. The maximum Gasteiger partial charge on any atom is 0.418 e. The fourth-order valence-corrected chi connectivity index (χ4v) is 2.57. The van der Waals surface area contributed by atoms with Gasteiger partial charge in [0.05, 0.1) is 35.1 Å². The van der Waals surface area contributed by atoms with Crippen LogP contribution in [0.1, 0.15) is 12.5 Å². The van der Waals surface area contributed by atoms with Crippen LogP contribution in [0.25, 0.3) is 0 Å². The van der Waals surface area contributed by atoms with Gasteiger partial charge >= 0.3 is 12.2 Å². The minimum absolute atomic E-state index is 0.0172. The zero-order valence-electron chi connectivity index (χ0n) is 15.0. The van der Waals surface area contributed by atoms with E-state index in [1.165, 1.54) is 24.3 Å². The van der Waals surface area contributed by atoms with Gasteiger partial charge in [0.15, 0.2) is 0 Å². The Morgan fingerprint density at radius 3 is 2.41 bits per heavy atom. The van der Waals surface area contributed by atoms with Crippen LogP contribution in [-0.4, -0.2) is 25.1 Å². The third-order valence-corrected chi connectivity index (χ3v) is 4.03. The van der Waals surface area contributed by atoms with Crippen molar-refractivity contribution in [3.05, 3.63) is 52.0 Å². The largest absolute Gasteiger partial charge is 0.494 e. The van der Waals surface area contributed by atoms with Gasteiger partial charge in [-0.25, -0.2) is 4.79 Å². The third kappa shape index (κ3) is 6.72. The molecule has 0 aliphatic carbocycles. The Balaban J connectivity index is 2.00. The van der Waals surface area contributed by atoms with Crippen LogP contribution in [0, 0.1) is 0 Å². The second-order valence-corrected chi connectivity index (χ2v) is 6.46. The molecule has 0 aliphatic heterocycles. The highest BCUT2D eigenvalue weighted by Crippen LogP contribution is 2.37. The molecule has 0 spiro atoms. The number of halogens is 5. The average molecular weight is 450 g/mol. The summed E-state index contributed by atoms with van der Waals surface area (Å²) in [5, 5.41) is 7.24. The maximum absolute atomic E-state index is 13.2. The van der Waals surface area contributed by atoms with Gasteiger partial charge in [0.25, 0.3) is 0 Å². The summed E-state index contributed by atoms with van der Waals surface area (Å²) in [5.74, 6) is -0.629. The van der Waals surface area contributed by atoms with Crippen molar-refractivity contribution in [2.24, 2.45) is 0 Å². The number of anilines is 2. The molecule has 0 radical (unpaired) electrons. The number of nitrogens with one attached hydrogen (secondary N) is 3. The first-order chi connectivity index (χ1) is 13.6. The molecule has 0 aromatic heterocycles. The summed E-state index contributed by atoms with van der Waals surface area (Å²) in [5.41, 5.74) is -1.32. The molecule has 0 saturated heterocycles. The molecule has 2 aromatic carbocycles. The zero-order valence-corrected chi connectivity index (χ0v) is 16.5. The number of urea groups is 1. The third-order valence-electron chi connectivity index (χ3n) is 3.47. The fourth-order valence-electron chi connectivity index (χ4n) is 2.24. The normalized spacial score (nSPS) is 11.0. The molecule has 0 bridgehead atoms. The molecule has 29 heavy (non-hydrogen) atoms. The first-order valence-corrected chi connectivity index (χ1v) is 8.99.